The number of hydrogen-bond acceptors (Lipinski definition) is 4. The Morgan fingerprint density at radius 2 is 1.73 bits per heavy atom. The first-order chi connectivity index (χ1) is 12.4. The minimum absolute atomic E-state index is 0.107. The highest BCUT2D eigenvalue weighted by atomic mass is 79.9. The van der Waals surface area contributed by atoms with E-state index in [0.29, 0.717) is 26.2 Å². The fourth-order valence-corrected chi connectivity index (χ4v) is 5.46. The maximum atomic E-state index is 12.9. The molecule has 0 spiro atoms. The number of sulfonamides is 1. The van der Waals surface area contributed by atoms with Crippen LogP contribution >= 0.6 is 27.5 Å². The van der Waals surface area contributed by atoms with Crippen LogP contribution in [0.3, 0.4) is 0 Å². The van der Waals surface area contributed by atoms with Crippen LogP contribution in [0.1, 0.15) is 11.6 Å². The van der Waals surface area contributed by atoms with Gasteiger partial charge in [0.2, 0.25) is 10.0 Å². The molecule has 1 fully saturated rings. The molecule has 2 aromatic rings. The molecule has 0 amide bonds. The molecule has 0 radical (unpaired) electrons. The van der Waals surface area contributed by atoms with E-state index < -0.39 is 10.0 Å². The first-order valence-electron chi connectivity index (χ1n) is 8.07. The SMILES string of the molecule is N#CC(c1ccccc1)N1CCN(S(=O)(=O)c2ccc(Br)cc2Cl)CC1. The zero-order valence-corrected chi connectivity index (χ0v) is 17.0. The lowest BCUT2D eigenvalue weighted by Crippen LogP contribution is -2.49. The van der Waals surface area contributed by atoms with E-state index in [1.165, 1.54) is 10.4 Å². The summed E-state index contributed by atoms with van der Waals surface area (Å²) in [5.41, 5.74) is 0.919. The number of halogens is 2. The van der Waals surface area contributed by atoms with Crippen LogP contribution < -0.4 is 0 Å². The molecular weight excluding hydrogens is 438 g/mol. The average Bonchev–Trinajstić information content (AvgIpc) is 2.63. The van der Waals surface area contributed by atoms with Gasteiger partial charge in [-0.1, -0.05) is 57.9 Å². The Hall–Kier alpha value is -1.43. The van der Waals surface area contributed by atoms with Gasteiger partial charge in [0.05, 0.1) is 11.1 Å². The van der Waals surface area contributed by atoms with Gasteiger partial charge in [-0.15, -0.1) is 0 Å². The van der Waals surface area contributed by atoms with Gasteiger partial charge in [0.25, 0.3) is 0 Å². The highest BCUT2D eigenvalue weighted by Gasteiger charge is 2.32. The third-order valence-corrected chi connectivity index (χ3v) is 7.26. The van der Waals surface area contributed by atoms with Gasteiger partial charge in [-0.3, -0.25) is 4.90 Å². The zero-order valence-electron chi connectivity index (χ0n) is 13.8. The van der Waals surface area contributed by atoms with Crippen molar-refractivity contribution in [1.29, 1.82) is 5.26 Å². The van der Waals surface area contributed by atoms with Gasteiger partial charge in [-0.05, 0) is 23.8 Å². The van der Waals surface area contributed by atoms with Gasteiger partial charge >= 0.3 is 0 Å². The molecule has 0 saturated carbocycles. The van der Waals surface area contributed by atoms with E-state index >= 15 is 0 Å². The summed E-state index contributed by atoms with van der Waals surface area (Å²) in [6.45, 7) is 1.61. The molecule has 0 aliphatic carbocycles. The van der Waals surface area contributed by atoms with Crippen molar-refractivity contribution >= 4 is 37.6 Å². The quantitative estimate of drug-likeness (QED) is 0.707. The molecule has 0 aromatic heterocycles. The van der Waals surface area contributed by atoms with Crippen LogP contribution in [0.5, 0.6) is 0 Å². The van der Waals surface area contributed by atoms with Crippen molar-refractivity contribution in [2.75, 3.05) is 26.2 Å². The molecule has 0 bridgehead atoms. The van der Waals surface area contributed by atoms with Gasteiger partial charge in [0.15, 0.2) is 0 Å². The second-order valence-electron chi connectivity index (χ2n) is 5.96. The minimum Gasteiger partial charge on any atom is -0.282 e. The molecule has 1 aliphatic heterocycles. The first-order valence-corrected chi connectivity index (χ1v) is 10.7. The molecule has 1 atom stereocenters. The maximum Gasteiger partial charge on any atom is 0.244 e. The van der Waals surface area contributed by atoms with Crippen LogP contribution in [-0.2, 0) is 10.0 Å². The Morgan fingerprint density at radius 1 is 1.08 bits per heavy atom. The predicted molar refractivity (Wildman–Crippen MR) is 104 cm³/mol. The molecular formula is C18H17BrClN3O2S. The predicted octanol–water partition coefficient (Wildman–Crippen LogP) is 3.67. The normalized spacial score (nSPS) is 17.6. The molecule has 2 aromatic carbocycles. The molecule has 26 heavy (non-hydrogen) atoms. The highest BCUT2D eigenvalue weighted by Crippen LogP contribution is 2.29. The van der Waals surface area contributed by atoms with Crippen molar-refractivity contribution < 1.29 is 8.42 Å². The number of piperazine rings is 1. The zero-order chi connectivity index (χ0) is 18.7. The van der Waals surface area contributed by atoms with E-state index in [4.69, 9.17) is 11.6 Å². The summed E-state index contributed by atoms with van der Waals surface area (Å²) in [6, 6.07) is 16.2. The second kappa shape index (κ2) is 8.07. The second-order valence-corrected chi connectivity index (χ2v) is 9.19. The summed E-state index contributed by atoms with van der Waals surface area (Å²) in [6.07, 6.45) is 0. The number of rotatable bonds is 4. The van der Waals surface area contributed by atoms with E-state index in [-0.39, 0.29) is 16.0 Å². The van der Waals surface area contributed by atoms with Crippen LogP contribution in [0.15, 0.2) is 57.9 Å². The molecule has 1 heterocycles. The van der Waals surface area contributed by atoms with E-state index in [1.807, 2.05) is 35.2 Å². The Bertz CT molecular complexity index is 923. The third kappa shape index (κ3) is 3.95. The van der Waals surface area contributed by atoms with Crippen LogP contribution in [-0.4, -0.2) is 43.8 Å². The summed E-state index contributed by atoms with van der Waals surface area (Å²) in [5, 5.41) is 9.75. The van der Waals surface area contributed by atoms with Crippen molar-refractivity contribution in [3.8, 4) is 6.07 Å². The Balaban J connectivity index is 1.74. The molecule has 8 heteroatoms. The van der Waals surface area contributed by atoms with Gasteiger partial charge in [0.1, 0.15) is 10.9 Å². The van der Waals surface area contributed by atoms with Crippen molar-refractivity contribution in [1.82, 2.24) is 9.21 Å². The van der Waals surface area contributed by atoms with Gasteiger partial charge in [-0.25, -0.2) is 8.42 Å². The highest BCUT2D eigenvalue weighted by molar-refractivity contribution is 9.10. The molecule has 136 valence electrons. The summed E-state index contributed by atoms with van der Waals surface area (Å²) < 4.78 is 27.9. The largest absolute Gasteiger partial charge is 0.282 e. The van der Waals surface area contributed by atoms with Crippen molar-refractivity contribution in [2.24, 2.45) is 0 Å². The van der Waals surface area contributed by atoms with E-state index in [2.05, 4.69) is 22.0 Å². The molecule has 1 aliphatic rings. The van der Waals surface area contributed by atoms with E-state index in [9.17, 15) is 13.7 Å². The molecule has 1 unspecified atom stereocenters. The smallest absolute Gasteiger partial charge is 0.244 e. The molecule has 1 saturated heterocycles. The van der Waals surface area contributed by atoms with Crippen LogP contribution in [0.25, 0.3) is 0 Å². The number of benzene rings is 2. The van der Waals surface area contributed by atoms with E-state index in [0.717, 1.165) is 10.0 Å². The third-order valence-electron chi connectivity index (χ3n) is 4.39. The summed E-state index contributed by atoms with van der Waals surface area (Å²) >= 11 is 9.41. The lowest BCUT2D eigenvalue weighted by molar-refractivity contribution is 0.162. The van der Waals surface area contributed by atoms with Crippen molar-refractivity contribution in [3.63, 3.8) is 0 Å². The minimum atomic E-state index is -3.66. The lowest BCUT2D eigenvalue weighted by Gasteiger charge is -2.36. The number of nitriles is 1. The average molecular weight is 455 g/mol. The Kier molecular flexibility index (Phi) is 6.00. The fraction of sp³-hybridized carbons (Fsp3) is 0.278. The first kappa shape index (κ1) is 19.3. The van der Waals surface area contributed by atoms with Crippen molar-refractivity contribution in [2.45, 2.75) is 10.9 Å². The maximum absolute atomic E-state index is 12.9. The van der Waals surface area contributed by atoms with Crippen molar-refractivity contribution in [3.05, 3.63) is 63.6 Å². The number of nitrogens with zero attached hydrogens (tertiary/aromatic N) is 3. The molecule has 3 rings (SSSR count). The lowest BCUT2D eigenvalue weighted by atomic mass is 10.1. The van der Waals surface area contributed by atoms with Crippen LogP contribution in [0.2, 0.25) is 5.02 Å². The monoisotopic (exact) mass is 453 g/mol. The standard InChI is InChI=1S/C18H17BrClN3O2S/c19-15-6-7-18(16(20)12-15)26(24,25)23-10-8-22(9-11-23)17(13-21)14-4-2-1-3-5-14/h1-7,12,17H,8-11H2. The van der Waals surface area contributed by atoms with Gasteiger partial charge in [0, 0.05) is 30.7 Å². The van der Waals surface area contributed by atoms with E-state index in [1.54, 1.807) is 12.1 Å². The Morgan fingerprint density at radius 3 is 2.31 bits per heavy atom. The number of hydrogen-bond donors (Lipinski definition) is 0. The van der Waals surface area contributed by atoms with Crippen LogP contribution in [0.4, 0.5) is 0 Å². The molecule has 0 N–H and O–H groups in total. The topological polar surface area (TPSA) is 64.4 Å². The Labute approximate surface area is 167 Å². The summed E-state index contributed by atoms with van der Waals surface area (Å²) in [4.78, 5) is 2.11. The van der Waals surface area contributed by atoms with Gasteiger partial charge < -0.3 is 0 Å². The fourth-order valence-electron chi connectivity index (χ4n) is 3.03. The van der Waals surface area contributed by atoms with Gasteiger partial charge in [-0.2, -0.15) is 9.57 Å². The molecule has 5 nitrogen and oxygen atoms in total. The summed E-state index contributed by atoms with van der Waals surface area (Å²) in [7, 11) is -3.66. The summed E-state index contributed by atoms with van der Waals surface area (Å²) in [5.74, 6) is 0. The van der Waals surface area contributed by atoms with Crippen LogP contribution in [0, 0.1) is 11.3 Å².